The van der Waals surface area contributed by atoms with Gasteiger partial charge in [-0.15, -0.1) is 0 Å². The summed E-state index contributed by atoms with van der Waals surface area (Å²) in [4.78, 5) is 50.0. The van der Waals surface area contributed by atoms with Gasteiger partial charge in [0.15, 0.2) is 12.4 Å². The summed E-state index contributed by atoms with van der Waals surface area (Å²) in [6.07, 6.45) is 1.10. The fourth-order valence-electron chi connectivity index (χ4n) is 7.24. The van der Waals surface area contributed by atoms with Crippen molar-refractivity contribution < 1.29 is 67.8 Å². The number of ether oxygens (including phenoxy) is 7. The molecule has 3 saturated heterocycles. The second-order valence-corrected chi connectivity index (χ2v) is 14.5. The Balaban J connectivity index is 1.53. The van der Waals surface area contributed by atoms with Crippen molar-refractivity contribution in [3.8, 4) is 0 Å². The Bertz CT molecular complexity index is 1540. The third-order valence-electron chi connectivity index (χ3n) is 10.1. The third kappa shape index (κ3) is 10.3. The van der Waals surface area contributed by atoms with E-state index in [4.69, 9.17) is 33.2 Å². The highest BCUT2D eigenvalue weighted by atomic mass is 16.7. The van der Waals surface area contributed by atoms with Gasteiger partial charge in [-0.2, -0.15) is 0 Å². The van der Waals surface area contributed by atoms with Crippen molar-refractivity contribution >= 4 is 23.6 Å². The fourth-order valence-corrected chi connectivity index (χ4v) is 7.24. The van der Waals surface area contributed by atoms with Gasteiger partial charge in [0.05, 0.1) is 67.8 Å². The molecule has 4 aliphatic rings. The van der Waals surface area contributed by atoms with Crippen LogP contribution in [0.15, 0.2) is 48.1 Å². The second kappa shape index (κ2) is 17.6. The van der Waals surface area contributed by atoms with Crippen molar-refractivity contribution in [2.45, 2.75) is 126 Å². The molecule has 1 aromatic carbocycles. The van der Waals surface area contributed by atoms with Gasteiger partial charge in [-0.3, -0.25) is 14.9 Å². The molecule has 292 valence electrons. The lowest BCUT2D eigenvalue weighted by Gasteiger charge is -2.51. The van der Waals surface area contributed by atoms with Gasteiger partial charge in [0.25, 0.3) is 5.69 Å². The Kier molecular flexibility index (Phi) is 13.4. The molecule has 5 rings (SSSR count). The third-order valence-corrected chi connectivity index (χ3v) is 10.1. The highest BCUT2D eigenvalue weighted by molar-refractivity contribution is 5.90. The number of hydrogen-bond donors (Lipinski definition) is 3. The number of nitro benzene ring substituents is 1. The highest BCUT2D eigenvalue weighted by Crippen LogP contribution is 2.47. The van der Waals surface area contributed by atoms with E-state index in [9.17, 15) is 39.8 Å². The van der Waals surface area contributed by atoms with Crippen LogP contribution in [0.4, 0.5) is 5.69 Å². The standard InChI is InChI=1S/C37H49NO15/c1-36(2)12-10-33-48-13-11-28(51-33)19-27-9-5-8-26(49-27)17-25(40)18-32(42)50-30(21-39)20-29-15-23(16-31(41)47-3)34(37(36,44)53-29)52-35(43)22-6-4-7-24(14-22)38(45)46/h4,6-7,10,12,14,16,25-30,33-34,39-40,44H,5,8-9,11,13,15,17-21H2,1-3H3/b12-10+,23-16+/t25-,26+,27-,28+,29?,30?,33+,34+,37-/m1/s1. The minimum absolute atomic E-state index is 0.0632. The summed E-state index contributed by atoms with van der Waals surface area (Å²) in [6, 6.07) is 4.83. The van der Waals surface area contributed by atoms with Gasteiger partial charge in [0, 0.05) is 36.5 Å². The summed E-state index contributed by atoms with van der Waals surface area (Å²) in [7, 11) is 1.14. The van der Waals surface area contributed by atoms with Crippen LogP contribution >= 0.6 is 0 Å². The molecule has 53 heavy (non-hydrogen) atoms. The summed E-state index contributed by atoms with van der Waals surface area (Å²) < 4.78 is 41.1. The minimum Gasteiger partial charge on any atom is -0.466 e. The van der Waals surface area contributed by atoms with Crippen LogP contribution in [0.25, 0.3) is 0 Å². The van der Waals surface area contributed by atoms with Crippen LogP contribution in [0.1, 0.15) is 82.0 Å². The van der Waals surface area contributed by atoms with E-state index in [2.05, 4.69) is 0 Å². The maximum Gasteiger partial charge on any atom is 0.339 e. The van der Waals surface area contributed by atoms with Crippen molar-refractivity contribution in [1.82, 2.24) is 0 Å². The fraction of sp³-hybridized carbons (Fsp3) is 0.649. The molecule has 9 atom stereocenters. The van der Waals surface area contributed by atoms with Crippen LogP contribution in [0.5, 0.6) is 0 Å². The SMILES string of the molecule is COC(=O)/C=C1\CC2CC(CO)OC(=O)C[C@H](O)C[C@@H]3CCC[C@H](C[C@@H]4CCO[C@H](/C=C/C(C)(C)[C@](O)(O2)[C@H]1OC(=O)c1cccc([N+](=O)[O-])c1)O4)O3. The number of methoxy groups -OCH3 is 1. The number of carbonyl (C=O) groups is 3. The normalized spacial score (nSPS) is 35.3. The van der Waals surface area contributed by atoms with E-state index in [0.29, 0.717) is 19.4 Å². The number of carbonyl (C=O) groups excluding carboxylic acids is 3. The molecule has 0 spiro atoms. The van der Waals surface area contributed by atoms with Crippen LogP contribution in [-0.4, -0.2) is 113 Å². The number of nitro groups is 1. The molecule has 4 aliphatic heterocycles. The first kappa shape index (κ1) is 40.4. The lowest BCUT2D eigenvalue weighted by molar-refractivity contribution is -0.384. The quantitative estimate of drug-likeness (QED) is 0.0984. The molecular weight excluding hydrogens is 698 g/mol. The molecule has 1 aromatic rings. The van der Waals surface area contributed by atoms with E-state index in [1.165, 1.54) is 18.2 Å². The minimum atomic E-state index is -2.46. The largest absolute Gasteiger partial charge is 0.466 e. The number of hydrogen-bond acceptors (Lipinski definition) is 15. The summed E-state index contributed by atoms with van der Waals surface area (Å²) in [6.45, 7) is 2.96. The van der Waals surface area contributed by atoms with Crippen LogP contribution < -0.4 is 0 Å². The van der Waals surface area contributed by atoms with Gasteiger partial charge in [-0.1, -0.05) is 26.0 Å². The Morgan fingerprint density at radius 1 is 1.06 bits per heavy atom. The zero-order valence-electron chi connectivity index (χ0n) is 30.1. The highest BCUT2D eigenvalue weighted by Gasteiger charge is 2.57. The first-order valence-corrected chi connectivity index (χ1v) is 17.9. The van der Waals surface area contributed by atoms with Gasteiger partial charge >= 0.3 is 17.9 Å². The first-order valence-electron chi connectivity index (χ1n) is 17.9. The molecule has 0 radical (unpaired) electrons. The Hall–Kier alpha value is -3.77. The number of aliphatic hydroxyl groups excluding tert-OH is 2. The van der Waals surface area contributed by atoms with Crippen LogP contribution in [0, 0.1) is 15.5 Å². The molecule has 0 saturated carbocycles. The van der Waals surface area contributed by atoms with Gasteiger partial charge < -0.3 is 48.5 Å². The van der Waals surface area contributed by atoms with Crippen LogP contribution in [0.2, 0.25) is 0 Å². The maximum atomic E-state index is 13.6. The predicted octanol–water partition coefficient (Wildman–Crippen LogP) is 3.19. The average Bonchev–Trinajstić information content (AvgIpc) is 3.11. The van der Waals surface area contributed by atoms with E-state index in [1.54, 1.807) is 26.0 Å². The lowest BCUT2D eigenvalue weighted by atomic mass is 9.74. The molecule has 3 fully saturated rings. The van der Waals surface area contributed by atoms with Gasteiger partial charge in [-0.25, -0.2) is 9.59 Å². The summed E-state index contributed by atoms with van der Waals surface area (Å²) in [5, 5.41) is 45.1. The second-order valence-electron chi connectivity index (χ2n) is 14.5. The van der Waals surface area contributed by atoms with Gasteiger partial charge in [-0.05, 0) is 56.2 Å². The number of fused-ring (bicyclic) bond motifs is 6. The maximum absolute atomic E-state index is 13.6. The molecule has 16 heteroatoms. The van der Waals surface area contributed by atoms with Gasteiger partial charge in [0.2, 0.25) is 5.79 Å². The molecule has 3 N–H and O–H groups in total. The summed E-state index contributed by atoms with van der Waals surface area (Å²) in [5.74, 6) is -5.10. The predicted molar refractivity (Wildman–Crippen MR) is 183 cm³/mol. The molecular formula is C37H49NO15. The molecule has 0 aromatic heterocycles. The zero-order valence-corrected chi connectivity index (χ0v) is 30.1. The van der Waals surface area contributed by atoms with Crippen molar-refractivity contribution in [3.63, 3.8) is 0 Å². The van der Waals surface area contributed by atoms with Crippen LogP contribution in [0.3, 0.4) is 0 Å². The molecule has 2 unspecified atom stereocenters. The zero-order chi connectivity index (χ0) is 38.3. The molecule has 0 amide bonds. The number of nitrogens with zero attached hydrogens (tertiary/aromatic N) is 1. The summed E-state index contributed by atoms with van der Waals surface area (Å²) >= 11 is 0. The smallest absolute Gasteiger partial charge is 0.339 e. The summed E-state index contributed by atoms with van der Waals surface area (Å²) in [5.41, 5.74) is -1.95. The van der Waals surface area contributed by atoms with Crippen LogP contribution in [-0.2, 0) is 42.7 Å². The first-order chi connectivity index (χ1) is 25.2. The Morgan fingerprint density at radius 2 is 1.79 bits per heavy atom. The Labute approximate surface area is 307 Å². The molecule has 4 heterocycles. The monoisotopic (exact) mass is 747 g/mol. The number of aliphatic hydroxyl groups is 3. The van der Waals surface area contributed by atoms with Crippen molar-refractivity contribution in [1.29, 1.82) is 0 Å². The van der Waals surface area contributed by atoms with E-state index < -0.39 is 71.3 Å². The number of benzene rings is 1. The number of cyclic esters (lactones) is 1. The van der Waals surface area contributed by atoms with E-state index in [0.717, 1.165) is 38.5 Å². The Morgan fingerprint density at radius 3 is 2.51 bits per heavy atom. The van der Waals surface area contributed by atoms with Crippen molar-refractivity contribution in [2.24, 2.45) is 5.41 Å². The van der Waals surface area contributed by atoms with Crippen molar-refractivity contribution in [3.05, 3.63) is 63.7 Å². The molecule has 16 nitrogen and oxygen atoms in total. The number of non-ortho nitro benzene ring substituents is 1. The van der Waals surface area contributed by atoms with E-state index in [1.807, 2.05) is 0 Å². The molecule has 6 bridgehead atoms. The van der Waals surface area contributed by atoms with Crippen molar-refractivity contribution in [2.75, 3.05) is 20.3 Å². The lowest BCUT2D eigenvalue weighted by Crippen LogP contribution is -2.62. The topological polar surface area (TPSA) is 220 Å². The van der Waals surface area contributed by atoms with E-state index in [-0.39, 0.29) is 60.8 Å². The average molecular weight is 748 g/mol. The van der Waals surface area contributed by atoms with Gasteiger partial charge in [0.1, 0.15) is 6.10 Å². The molecule has 0 aliphatic carbocycles. The number of rotatable bonds is 5. The number of esters is 3. The van der Waals surface area contributed by atoms with E-state index >= 15 is 0 Å².